The number of carbonyl (C=O) groups excluding carboxylic acids is 1. The molecular weight excluding hydrogens is 278 g/mol. The summed E-state index contributed by atoms with van der Waals surface area (Å²) in [6, 6.07) is 11.8. The third-order valence-electron chi connectivity index (χ3n) is 4.16. The van der Waals surface area contributed by atoms with E-state index in [4.69, 9.17) is 4.52 Å². The predicted octanol–water partition coefficient (Wildman–Crippen LogP) is 2.09. The highest BCUT2D eigenvalue weighted by Crippen LogP contribution is 2.28. The summed E-state index contributed by atoms with van der Waals surface area (Å²) in [5.74, 6) is 0.839. The number of nitrogens with one attached hydrogen (secondary N) is 1. The lowest BCUT2D eigenvalue weighted by Gasteiger charge is -2.30. The summed E-state index contributed by atoms with van der Waals surface area (Å²) in [4.78, 5) is 14.2. The van der Waals surface area contributed by atoms with Crippen LogP contribution in [0, 0.1) is 0 Å². The maximum absolute atomic E-state index is 12.5. The van der Waals surface area contributed by atoms with E-state index in [1.165, 1.54) is 0 Å². The van der Waals surface area contributed by atoms with Crippen molar-refractivity contribution in [3.63, 3.8) is 0 Å². The van der Waals surface area contributed by atoms with Crippen molar-refractivity contribution in [3.8, 4) is 11.3 Å². The number of benzene rings is 1. The molecule has 1 aromatic carbocycles. The van der Waals surface area contributed by atoms with Gasteiger partial charge in [-0.25, -0.2) is 0 Å². The Hall–Kier alpha value is -2.14. The summed E-state index contributed by atoms with van der Waals surface area (Å²) in [5, 5.41) is 7.51. The average molecular weight is 299 g/mol. The van der Waals surface area contributed by atoms with Gasteiger partial charge in [-0.3, -0.25) is 4.79 Å². The molecule has 0 radical (unpaired) electrons. The molecule has 1 unspecified atom stereocenters. The Morgan fingerprint density at radius 2 is 2.14 bits per heavy atom. The summed E-state index contributed by atoms with van der Waals surface area (Å²) < 4.78 is 5.48. The predicted molar refractivity (Wildman–Crippen MR) is 84.3 cm³/mol. The van der Waals surface area contributed by atoms with Gasteiger partial charge in [0.05, 0.1) is 0 Å². The first-order chi connectivity index (χ1) is 10.6. The van der Waals surface area contributed by atoms with Gasteiger partial charge >= 0.3 is 0 Å². The number of hydrogen-bond donors (Lipinski definition) is 1. The van der Waals surface area contributed by atoms with Gasteiger partial charge in [0.25, 0.3) is 0 Å². The Morgan fingerprint density at radius 3 is 2.77 bits per heavy atom. The number of hydrogen-bond acceptors (Lipinski definition) is 4. The molecule has 5 nitrogen and oxygen atoms in total. The molecule has 5 heteroatoms. The first-order valence-corrected chi connectivity index (χ1v) is 7.58. The molecule has 0 bridgehead atoms. The van der Waals surface area contributed by atoms with Crippen molar-refractivity contribution in [1.82, 2.24) is 15.4 Å². The topological polar surface area (TPSA) is 58.4 Å². The lowest BCUT2D eigenvalue weighted by molar-refractivity contribution is -0.135. The van der Waals surface area contributed by atoms with Crippen LogP contribution in [0.4, 0.5) is 0 Å². The second kappa shape index (κ2) is 5.93. The molecule has 1 saturated heterocycles. The van der Waals surface area contributed by atoms with Crippen LogP contribution >= 0.6 is 0 Å². The molecule has 0 spiro atoms. The molecule has 3 rings (SSSR count). The first kappa shape index (κ1) is 14.8. The van der Waals surface area contributed by atoms with Gasteiger partial charge in [0.2, 0.25) is 5.91 Å². The smallest absolute Gasteiger partial charge is 0.242 e. The average Bonchev–Trinajstić information content (AvgIpc) is 3.18. The van der Waals surface area contributed by atoms with Crippen molar-refractivity contribution in [1.29, 1.82) is 0 Å². The van der Waals surface area contributed by atoms with E-state index in [0.717, 1.165) is 36.4 Å². The molecule has 0 aliphatic carbocycles. The molecule has 1 amide bonds. The van der Waals surface area contributed by atoms with Crippen molar-refractivity contribution >= 4 is 5.91 Å². The van der Waals surface area contributed by atoms with Crippen molar-refractivity contribution in [3.05, 3.63) is 42.2 Å². The molecule has 1 aliphatic heterocycles. The van der Waals surface area contributed by atoms with Crippen LogP contribution in [0.25, 0.3) is 11.3 Å². The standard InChI is InChI=1S/C17H21N3O2/c1-20(2)16(21)17(9-6-10-18-17)12-14-11-15(19-22-14)13-7-4-3-5-8-13/h3-5,7-8,11,18H,6,9-10,12H2,1-2H3. The second-order valence-corrected chi connectivity index (χ2v) is 6.03. The Kier molecular flexibility index (Phi) is 3.98. The largest absolute Gasteiger partial charge is 0.361 e. The van der Waals surface area contributed by atoms with Crippen LogP contribution in [0.15, 0.2) is 40.9 Å². The fraction of sp³-hybridized carbons (Fsp3) is 0.412. The fourth-order valence-electron chi connectivity index (χ4n) is 3.08. The number of aromatic nitrogens is 1. The minimum absolute atomic E-state index is 0.0997. The van der Waals surface area contributed by atoms with E-state index in [1.54, 1.807) is 19.0 Å². The maximum atomic E-state index is 12.5. The van der Waals surface area contributed by atoms with Crippen molar-refractivity contribution < 1.29 is 9.32 Å². The van der Waals surface area contributed by atoms with E-state index >= 15 is 0 Å². The van der Waals surface area contributed by atoms with Crippen LogP contribution in [0.5, 0.6) is 0 Å². The van der Waals surface area contributed by atoms with Crippen LogP contribution in [-0.2, 0) is 11.2 Å². The molecule has 1 aliphatic rings. The first-order valence-electron chi connectivity index (χ1n) is 7.58. The van der Waals surface area contributed by atoms with E-state index in [1.807, 2.05) is 36.4 Å². The van der Waals surface area contributed by atoms with Gasteiger partial charge in [-0.2, -0.15) is 0 Å². The summed E-state index contributed by atoms with van der Waals surface area (Å²) >= 11 is 0. The number of amides is 1. The summed E-state index contributed by atoms with van der Waals surface area (Å²) in [6.45, 7) is 0.860. The Balaban J connectivity index is 1.83. The number of carbonyl (C=O) groups is 1. The molecule has 1 aromatic heterocycles. The van der Waals surface area contributed by atoms with Crippen molar-refractivity contribution in [2.75, 3.05) is 20.6 Å². The van der Waals surface area contributed by atoms with Gasteiger partial charge < -0.3 is 14.7 Å². The van der Waals surface area contributed by atoms with Gasteiger partial charge in [0.1, 0.15) is 17.0 Å². The number of likely N-dealkylation sites (N-methyl/N-ethyl adjacent to an activating group) is 1. The van der Waals surface area contributed by atoms with Crippen LogP contribution in [-0.4, -0.2) is 42.1 Å². The molecule has 116 valence electrons. The zero-order chi connectivity index (χ0) is 15.6. The number of rotatable bonds is 4. The molecule has 0 saturated carbocycles. The highest BCUT2D eigenvalue weighted by atomic mass is 16.5. The van der Waals surface area contributed by atoms with Crippen molar-refractivity contribution in [2.45, 2.75) is 24.8 Å². The SMILES string of the molecule is CN(C)C(=O)C1(Cc2cc(-c3ccccc3)no2)CCCN1. The van der Waals surface area contributed by atoms with Gasteiger partial charge in [0, 0.05) is 32.1 Å². The third-order valence-corrected chi connectivity index (χ3v) is 4.16. The lowest BCUT2D eigenvalue weighted by Crippen LogP contribution is -2.54. The molecule has 1 N–H and O–H groups in total. The molecule has 1 fully saturated rings. The second-order valence-electron chi connectivity index (χ2n) is 6.03. The Bertz CT molecular complexity index is 643. The van der Waals surface area contributed by atoms with Crippen LogP contribution < -0.4 is 5.32 Å². The molecule has 1 atom stereocenters. The van der Waals surface area contributed by atoms with Gasteiger partial charge in [-0.15, -0.1) is 0 Å². The normalized spacial score (nSPS) is 21.0. The van der Waals surface area contributed by atoms with Crippen LogP contribution in [0.1, 0.15) is 18.6 Å². The molecule has 2 heterocycles. The van der Waals surface area contributed by atoms with Gasteiger partial charge in [-0.1, -0.05) is 35.5 Å². The van der Waals surface area contributed by atoms with Crippen molar-refractivity contribution in [2.24, 2.45) is 0 Å². The lowest BCUT2D eigenvalue weighted by atomic mass is 9.90. The Labute approximate surface area is 130 Å². The van der Waals surface area contributed by atoms with E-state index in [2.05, 4.69) is 10.5 Å². The highest BCUT2D eigenvalue weighted by Gasteiger charge is 2.42. The third kappa shape index (κ3) is 2.76. The summed E-state index contributed by atoms with van der Waals surface area (Å²) in [7, 11) is 3.58. The summed E-state index contributed by atoms with van der Waals surface area (Å²) in [6.07, 6.45) is 2.36. The van der Waals surface area contributed by atoms with E-state index in [9.17, 15) is 4.79 Å². The highest BCUT2D eigenvalue weighted by molar-refractivity contribution is 5.86. The zero-order valence-corrected chi connectivity index (χ0v) is 13.0. The van der Waals surface area contributed by atoms with E-state index in [-0.39, 0.29) is 5.91 Å². The zero-order valence-electron chi connectivity index (χ0n) is 13.0. The van der Waals surface area contributed by atoms with Crippen LogP contribution in [0.2, 0.25) is 0 Å². The molecular formula is C17H21N3O2. The maximum Gasteiger partial charge on any atom is 0.242 e. The monoisotopic (exact) mass is 299 g/mol. The van der Waals surface area contributed by atoms with E-state index < -0.39 is 5.54 Å². The van der Waals surface area contributed by atoms with Gasteiger partial charge in [-0.05, 0) is 19.4 Å². The quantitative estimate of drug-likeness (QED) is 0.939. The van der Waals surface area contributed by atoms with Crippen LogP contribution in [0.3, 0.4) is 0 Å². The number of nitrogens with zero attached hydrogens (tertiary/aromatic N) is 2. The minimum atomic E-state index is -0.559. The molecule has 22 heavy (non-hydrogen) atoms. The fourth-order valence-corrected chi connectivity index (χ4v) is 3.08. The Morgan fingerprint density at radius 1 is 1.36 bits per heavy atom. The summed E-state index contributed by atoms with van der Waals surface area (Å²) in [5.41, 5.74) is 1.27. The minimum Gasteiger partial charge on any atom is -0.361 e. The molecule has 2 aromatic rings. The van der Waals surface area contributed by atoms with Gasteiger partial charge in [0.15, 0.2) is 0 Å². The van der Waals surface area contributed by atoms with E-state index in [0.29, 0.717) is 6.42 Å².